The number of fused-ring (bicyclic) bond motifs is 1. The van der Waals surface area contributed by atoms with Gasteiger partial charge in [-0.25, -0.2) is 4.98 Å². The monoisotopic (exact) mass is 397 g/mol. The maximum absolute atomic E-state index is 12.4. The van der Waals surface area contributed by atoms with Crippen LogP contribution in [0.1, 0.15) is 35.7 Å². The van der Waals surface area contributed by atoms with Crippen molar-refractivity contribution in [3.05, 3.63) is 80.3 Å². The normalized spacial score (nSPS) is 18.1. The van der Waals surface area contributed by atoms with Gasteiger partial charge in [0.1, 0.15) is 5.65 Å². The average molecular weight is 398 g/mol. The van der Waals surface area contributed by atoms with E-state index >= 15 is 0 Å². The molecule has 3 heterocycles. The van der Waals surface area contributed by atoms with Crippen LogP contribution in [0.4, 0.5) is 0 Å². The highest BCUT2D eigenvalue weighted by atomic mass is 79.9. The summed E-state index contributed by atoms with van der Waals surface area (Å²) in [5.74, 6) is 0. The highest BCUT2D eigenvalue weighted by molar-refractivity contribution is 9.10. The first-order valence-corrected chi connectivity index (χ1v) is 9.38. The van der Waals surface area contributed by atoms with Crippen LogP contribution in [0.5, 0.6) is 0 Å². The van der Waals surface area contributed by atoms with Crippen molar-refractivity contribution in [3.63, 3.8) is 0 Å². The average Bonchev–Trinajstić information content (AvgIpc) is 3.04. The Hall–Kier alpha value is -1.98. The smallest absolute Gasteiger partial charge is 0.258 e. The van der Waals surface area contributed by atoms with Crippen molar-refractivity contribution in [2.75, 3.05) is 6.54 Å². The molecule has 0 saturated carbocycles. The van der Waals surface area contributed by atoms with Crippen LogP contribution < -0.4 is 5.56 Å². The quantitative estimate of drug-likeness (QED) is 0.667. The van der Waals surface area contributed by atoms with Crippen molar-refractivity contribution < 1.29 is 0 Å². The Morgan fingerprint density at radius 3 is 2.96 bits per heavy atom. The van der Waals surface area contributed by atoms with E-state index in [4.69, 9.17) is 4.98 Å². The molecule has 3 aromatic rings. The molecule has 0 bridgehead atoms. The van der Waals surface area contributed by atoms with Gasteiger partial charge in [-0.05, 0) is 55.6 Å². The first kappa shape index (κ1) is 16.5. The van der Waals surface area contributed by atoms with Gasteiger partial charge in [-0.15, -0.1) is 0 Å². The first-order valence-electron chi connectivity index (χ1n) is 8.58. The zero-order valence-corrected chi connectivity index (χ0v) is 15.7. The molecule has 1 atom stereocenters. The van der Waals surface area contributed by atoms with E-state index in [2.05, 4.69) is 45.1 Å². The van der Waals surface area contributed by atoms with Crippen molar-refractivity contribution in [2.24, 2.45) is 0 Å². The van der Waals surface area contributed by atoms with Crippen molar-refractivity contribution in [3.8, 4) is 0 Å². The number of rotatable bonds is 3. The van der Waals surface area contributed by atoms with Crippen molar-refractivity contribution in [2.45, 2.75) is 32.4 Å². The maximum atomic E-state index is 12.4. The van der Waals surface area contributed by atoms with E-state index in [0.29, 0.717) is 18.2 Å². The molecular weight excluding hydrogens is 378 g/mol. The number of aryl methyl sites for hydroxylation is 1. The molecule has 5 heteroatoms. The zero-order chi connectivity index (χ0) is 17.4. The van der Waals surface area contributed by atoms with Gasteiger partial charge in [0.2, 0.25) is 0 Å². The van der Waals surface area contributed by atoms with Gasteiger partial charge in [0, 0.05) is 29.3 Å². The second kappa shape index (κ2) is 6.73. The summed E-state index contributed by atoms with van der Waals surface area (Å²) in [5, 5.41) is 0. The molecule has 0 N–H and O–H groups in total. The van der Waals surface area contributed by atoms with Gasteiger partial charge in [-0.3, -0.25) is 14.1 Å². The molecule has 0 radical (unpaired) electrons. The number of aromatic nitrogens is 2. The predicted octanol–water partition coefficient (Wildman–Crippen LogP) is 4.10. The Morgan fingerprint density at radius 1 is 1.24 bits per heavy atom. The minimum atomic E-state index is -0.0121. The van der Waals surface area contributed by atoms with Gasteiger partial charge in [0.25, 0.3) is 5.56 Å². The fourth-order valence-electron chi connectivity index (χ4n) is 3.65. The van der Waals surface area contributed by atoms with Gasteiger partial charge in [-0.2, -0.15) is 0 Å². The SMILES string of the molecule is Cc1ccc2nc(CN3CCC[C@H]3c3cccc(Br)c3)cc(=O)n2c1. The third-order valence-corrected chi connectivity index (χ3v) is 5.32. The van der Waals surface area contributed by atoms with E-state index in [1.54, 1.807) is 10.5 Å². The van der Waals surface area contributed by atoms with Crippen molar-refractivity contribution in [1.29, 1.82) is 0 Å². The minimum absolute atomic E-state index is 0.0121. The lowest BCUT2D eigenvalue weighted by atomic mass is 10.0. The molecule has 2 aromatic heterocycles. The van der Waals surface area contributed by atoms with E-state index in [1.807, 2.05) is 25.3 Å². The number of pyridine rings is 1. The molecule has 0 amide bonds. The molecule has 0 spiro atoms. The van der Waals surface area contributed by atoms with Crippen LogP contribution >= 0.6 is 15.9 Å². The van der Waals surface area contributed by atoms with Crippen LogP contribution in [0, 0.1) is 6.92 Å². The number of halogens is 1. The Labute approximate surface area is 155 Å². The summed E-state index contributed by atoms with van der Waals surface area (Å²) in [7, 11) is 0. The van der Waals surface area contributed by atoms with Gasteiger partial charge in [0.05, 0.1) is 5.69 Å². The maximum Gasteiger partial charge on any atom is 0.258 e. The number of nitrogens with zero attached hydrogens (tertiary/aromatic N) is 3. The molecule has 1 aromatic carbocycles. The number of hydrogen-bond donors (Lipinski definition) is 0. The topological polar surface area (TPSA) is 37.6 Å². The Balaban J connectivity index is 1.64. The van der Waals surface area contributed by atoms with E-state index in [-0.39, 0.29) is 5.56 Å². The Kier molecular flexibility index (Phi) is 4.44. The standard InChI is InChI=1S/C20H20BrN3O/c1-14-7-8-19-22-17(11-20(25)24(19)12-14)13-23-9-3-6-18(23)15-4-2-5-16(21)10-15/h2,4-5,7-8,10-12,18H,3,6,9,13H2,1H3/t18-/m0/s1. The summed E-state index contributed by atoms with van der Waals surface area (Å²) < 4.78 is 2.73. The summed E-state index contributed by atoms with van der Waals surface area (Å²) in [5.41, 5.74) is 3.92. The van der Waals surface area contributed by atoms with E-state index < -0.39 is 0 Å². The number of hydrogen-bond acceptors (Lipinski definition) is 3. The molecule has 0 unspecified atom stereocenters. The second-order valence-corrected chi connectivity index (χ2v) is 7.62. The fraction of sp³-hybridized carbons (Fsp3) is 0.300. The van der Waals surface area contributed by atoms with E-state index in [0.717, 1.165) is 28.7 Å². The molecule has 1 fully saturated rings. The summed E-state index contributed by atoms with van der Waals surface area (Å²) in [4.78, 5) is 19.5. The molecule has 4 rings (SSSR count). The highest BCUT2D eigenvalue weighted by Crippen LogP contribution is 2.33. The molecule has 0 aliphatic carbocycles. The number of benzene rings is 1. The lowest BCUT2D eigenvalue weighted by Crippen LogP contribution is -2.25. The van der Waals surface area contributed by atoms with Crippen LogP contribution in [0.3, 0.4) is 0 Å². The summed E-state index contributed by atoms with van der Waals surface area (Å²) in [6, 6.07) is 14.5. The van der Waals surface area contributed by atoms with E-state index in [1.165, 1.54) is 12.0 Å². The largest absolute Gasteiger partial charge is 0.291 e. The van der Waals surface area contributed by atoms with Crippen molar-refractivity contribution >= 4 is 21.6 Å². The van der Waals surface area contributed by atoms with Gasteiger partial charge in [-0.1, -0.05) is 34.1 Å². The van der Waals surface area contributed by atoms with Gasteiger partial charge < -0.3 is 0 Å². The second-order valence-electron chi connectivity index (χ2n) is 6.70. The molecule has 25 heavy (non-hydrogen) atoms. The molecule has 1 aliphatic rings. The lowest BCUT2D eigenvalue weighted by Gasteiger charge is -2.24. The first-order chi connectivity index (χ1) is 12.1. The molecule has 1 saturated heterocycles. The third-order valence-electron chi connectivity index (χ3n) is 4.82. The fourth-order valence-corrected chi connectivity index (χ4v) is 4.07. The van der Waals surface area contributed by atoms with E-state index in [9.17, 15) is 4.79 Å². The minimum Gasteiger partial charge on any atom is -0.291 e. The van der Waals surface area contributed by atoms with Gasteiger partial charge in [0.15, 0.2) is 0 Å². The van der Waals surface area contributed by atoms with Gasteiger partial charge >= 0.3 is 0 Å². The summed E-state index contributed by atoms with van der Waals surface area (Å²) >= 11 is 3.56. The third kappa shape index (κ3) is 3.39. The summed E-state index contributed by atoms with van der Waals surface area (Å²) in [6.45, 7) is 3.72. The Morgan fingerprint density at radius 2 is 2.12 bits per heavy atom. The molecular formula is C20H20BrN3O. The van der Waals surface area contributed by atoms with Crippen LogP contribution in [0.25, 0.3) is 5.65 Å². The molecule has 1 aliphatic heterocycles. The highest BCUT2D eigenvalue weighted by Gasteiger charge is 2.26. The van der Waals surface area contributed by atoms with Crippen LogP contribution in [0.15, 0.2) is 57.9 Å². The van der Waals surface area contributed by atoms with Crippen molar-refractivity contribution in [1.82, 2.24) is 14.3 Å². The summed E-state index contributed by atoms with van der Waals surface area (Å²) in [6.07, 6.45) is 4.15. The lowest BCUT2D eigenvalue weighted by molar-refractivity contribution is 0.245. The molecule has 4 nitrogen and oxygen atoms in total. The Bertz CT molecular complexity index is 982. The molecule has 128 valence electrons. The predicted molar refractivity (Wildman–Crippen MR) is 103 cm³/mol. The zero-order valence-electron chi connectivity index (χ0n) is 14.2. The van der Waals surface area contributed by atoms with Crippen LogP contribution in [-0.4, -0.2) is 20.8 Å². The number of likely N-dealkylation sites (tertiary alicyclic amines) is 1. The van der Waals surface area contributed by atoms with Crippen LogP contribution in [-0.2, 0) is 6.54 Å². The van der Waals surface area contributed by atoms with Crippen LogP contribution in [0.2, 0.25) is 0 Å².